The second-order valence-corrected chi connectivity index (χ2v) is 8.02. The average molecular weight is 297 g/mol. The predicted octanol–water partition coefficient (Wildman–Crippen LogP) is 3.27. The monoisotopic (exact) mass is 299 g/mol. The molecule has 0 spiro atoms. The molecule has 0 aliphatic carbocycles. The maximum absolute atomic E-state index is 8.22. The molecule has 9 nitrogen and oxygen atoms in total. The van der Waals surface area contributed by atoms with Crippen molar-refractivity contribution in [3.8, 4) is 0 Å². The van der Waals surface area contributed by atoms with Crippen molar-refractivity contribution in [2.45, 2.75) is 17.8 Å². The molecule has 0 saturated heterocycles. The summed E-state index contributed by atoms with van der Waals surface area (Å²) >= 11 is -3.72. The topological polar surface area (TPSA) is 146 Å². The molecule has 70 valence electrons. The minimum atomic E-state index is -3.72. The fraction of sp³-hybridized carbons (Fsp3) is 1.00. The molecule has 0 aromatic heterocycles. The van der Waals surface area contributed by atoms with Gasteiger partial charge in [-0.3, -0.25) is 0 Å². The standard InChI is InChI=1S/C3H7N9Te/c1-2-3-13(10-7-4,11-8-5)12-9-6/h2-3H2,1H3. The molecule has 0 saturated carbocycles. The molecule has 0 fully saturated rings. The van der Waals surface area contributed by atoms with Gasteiger partial charge in [-0.2, -0.15) is 0 Å². The van der Waals surface area contributed by atoms with Crippen molar-refractivity contribution in [1.29, 1.82) is 0 Å². The van der Waals surface area contributed by atoms with Gasteiger partial charge in [0.05, 0.1) is 0 Å². The molecule has 0 aromatic rings. The van der Waals surface area contributed by atoms with Gasteiger partial charge in [0, 0.05) is 0 Å². The van der Waals surface area contributed by atoms with Crippen LogP contribution in [0.3, 0.4) is 0 Å². The third-order valence-corrected chi connectivity index (χ3v) is 6.57. The van der Waals surface area contributed by atoms with Crippen molar-refractivity contribution < 1.29 is 0 Å². The number of azide groups is 1. The number of nitrogens with zero attached hydrogens (tertiary/aromatic N) is 9. The number of hydrogen-bond donors (Lipinski definition) is 0. The Labute approximate surface area is 78.5 Å². The summed E-state index contributed by atoms with van der Waals surface area (Å²) < 4.78 is 10.4. The molecular formula is C3H7N9Te. The van der Waals surface area contributed by atoms with Gasteiger partial charge < -0.3 is 0 Å². The Morgan fingerprint density at radius 3 is 1.62 bits per heavy atom. The summed E-state index contributed by atoms with van der Waals surface area (Å²) in [6.45, 7) is 1.83. The van der Waals surface area contributed by atoms with Gasteiger partial charge in [0.25, 0.3) is 0 Å². The van der Waals surface area contributed by atoms with Crippen LogP contribution in [0.25, 0.3) is 31.3 Å². The third kappa shape index (κ3) is 3.76. The van der Waals surface area contributed by atoms with Crippen LogP contribution >= 0.6 is 0 Å². The van der Waals surface area contributed by atoms with Crippen LogP contribution in [0.1, 0.15) is 13.3 Å². The Morgan fingerprint density at radius 2 is 1.38 bits per heavy atom. The average Bonchev–Trinajstić information content (AvgIpc) is 2.06. The van der Waals surface area contributed by atoms with Crippen molar-refractivity contribution in [3.63, 3.8) is 0 Å². The zero-order valence-corrected chi connectivity index (χ0v) is 9.18. The molecule has 0 N–H and O–H groups in total. The molecule has 0 aromatic carbocycles. The predicted molar refractivity (Wildman–Crippen MR) is 48.3 cm³/mol. The van der Waals surface area contributed by atoms with Crippen LogP contribution in [0.5, 0.6) is 0 Å². The van der Waals surface area contributed by atoms with E-state index in [-0.39, 0.29) is 0 Å². The van der Waals surface area contributed by atoms with Crippen LogP contribution in [0.2, 0.25) is 4.47 Å². The van der Waals surface area contributed by atoms with Crippen LogP contribution in [0, 0.1) is 0 Å². The molecule has 10 heteroatoms. The van der Waals surface area contributed by atoms with Crippen LogP contribution < -0.4 is 0 Å². The van der Waals surface area contributed by atoms with Gasteiger partial charge >= 0.3 is 78.2 Å². The van der Waals surface area contributed by atoms with E-state index in [1.807, 2.05) is 6.92 Å². The molecule has 0 radical (unpaired) electrons. The Hall–Kier alpha value is -1.28. The molecule has 0 heterocycles. The molecule has 0 amide bonds. The van der Waals surface area contributed by atoms with E-state index < -0.39 is 19.0 Å². The molecule has 0 rings (SSSR count). The number of hydrogen-bond acceptors (Lipinski definition) is 3. The molecule has 0 unspecified atom stereocenters. The van der Waals surface area contributed by atoms with Crippen LogP contribution in [-0.4, -0.2) is 19.0 Å². The summed E-state index contributed by atoms with van der Waals surface area (Å²) in [4.78, 5) is 7.63. The van der Waals surface area contributed by atoms with E-state index in [0.29, 0.717) is 10.9 Å². The van der Waals surface area contributed by atoms with Gasteiger partial charge in [-0.15, -0.1) is 0 Å². The molecule has 0 atom stereocenters. The van der Waals surface area contributed by atoms with Gasteiger partial charge in [-0.1, -0.05) is 0 Å². The van der Waals surface area contributed by atoms with Crippen molar-refractivity contribution in [2.75, 3.05) is 0 Å². The maximum atomic E-state index is 8.22. The Kier molecular flexibility index (Phi) is 5.64. The summed E-state index contributed by atoms with van der Waals surface area (Å²) in [5, 5.41) is 0. The molecule has 13 heavy (non-hydrogen) atoms. The van der Waals surface area contributed by atoms with E-state index >= 15 is 0 Å². The van der Waals surface area contributed by atoms with Gasteiger partial charge in [0.15, 0.2) is 0 Å². The molecule has 0 aliphatic heterocycles. The summed E-state index contributed by atoms with van der Waals surface area (Å²) in [6, 6.07) is 0. The van der Waals surface area contributed by atoms with E-state index in [1.165, 1.54) is 0 Å². The van der Waals surface area contributed by atoms with E-state index in [0.717, 1.165) is 0 Å². The van der Waals surface area contributed by atoms with Gasteiger partial charge in [0.2, 0.25) is 0 Å². The van der Waals surface area contributed by atoms with E-state index in [1.54, 1.807) is 0 Å². The zero-order chi connectivity index (χ0) is 10.2. The van der Waals surface area contributed by atoms with E-state index in [9.17, 15) is 0 Å². The van der Waals surface area contributed by atoms with Gasteiger partial charge in [-0.25, -0.2) is 0 Å². The number of rotatable bonds is 5. The van der Waals surface area contributed by atoms with Crippen LogP contribution in [0.15, 0.2) is 10.1 Å². The summed E-state index contributed by atoms with van der Waals surface area (Å²) in [5.74, 6) is 0. The quantitative estimate of drug-likeness (QED) is 0.317. The summed E-state index contributed by atoms with van der Waals surface area (Å²) in [6.07, 6.45) is 0.651. The fourth-order valence-corrected chi connectivity index (χ4v) is 4.16. The first kappa shape index (κ1) is 11.7. The molecular weight excluding hydrogens is 290 g/mol. The van der Waals surface area contributed by atoms with Crippen molar-refractivity contribution >= 4 is 19.0 Å². The first-order valence-electron chi connectivity index (χ1n) is 3.24. The first-order chi connectivity index (χ1) is 6.24. The second kappa shape index (κ2) is 6.26. The molecule has 0 aliphatic rings. The van der Waals surface area contributed by atoms with Crippen LogP contribution in [-0.2, 0) is 0 Å². The van der Waals surface area contributed by atoms with Crippen LogP contribution in [0.4, 0.5) is 0 Å². The van der Waals surface area contributed by atoms with Gasteiger partial charge in [-0.05, 0) is 0 Å². The summed E-state index contributed by atoms with van der Waals surface area (Å²) in [5.41, 5.74) is 24.7. The minimum absolute atomic E-state index is 0.376. The molecule has 0 bridgehead atoms. The summed E-state index contributed by atoms with van der Waals surface area (Å²) in [7, 11) is 0. The zero-order valence-electron chi connectivity index (χ0n) is 6.85. The fourth-order valence-electron chi connectivity index (χ4n) is 0.621. The Morgan fingerprint density at radius 1 is 1.00 bits per heavy atom. The van der Waals surface area contributed by atoms with E-state index in [2.05, 4.69) is 24.8 Å². The van der Waals surface area contributed by atoms with Crippen molar-refractivity contribution in [3.05, 3.63) is 31.3 Å². The van der Waals surface area contributed by atoms with Crippen molar-refractivity contribution in [2.24, 2.45) is 10.1 Å². The Bertz CT molecular complexity index is 257. The second-order valence-electron chi connectivity index (χ2n) is 1.85. The van der Waals surface area contributed by atoms with Gasteiger partial charge in [0.1, 0.15) is 0 Å². The van der Waals surface area contributed by atoms with E-state index in [4.69, 9.17) is 16.6 Å². The van der Waals surface area contributed by atoms with Crippen molar-refractivity contribution in [1.82, 2.24) is 0 Å². The third-order valence-electron chi connectivity index (χ3n) is 0.980. The SMILES string of the molecule is CCC[Te](N=[N+]=[N-])(N=[N+]=[N-])N=[N+]=[N-]. The Balaban J connectivity index is 5.12. The normalized spacial score (nSPS) is 15.2. The first-order valence-corrected chi connectivity index (χ1v) is 8.02.